The maximum absolute atomic E-state index is 12.9. The van der Waals surface area contributed by atoms with Gasteiger partial charge in [0, 0.05) is 23.4 Å². The van der Waals surface area contributed by atoms with Gasteiger partial charge in [0.15, 0.2) is 23.1 Å². The van der Waals surface area contributed by atoms with Crippen LogP contribution in [0.5, 0.6) is 11.5 Å². The second kappa shape index (κ2) is 8.97. The Hall–Kier alpha value is -4.21. The van der Waals surface area contributed by atoms with E-state index < -0.39 is 6.61 Å². The number of benzene rings is 2. The Bertz CT molecular complexity index is 1360. The smallest absolute Gasteiger partial charge is 0.387 e. The summed E-state index contributed by atoms with van der Waals surface area (Å²) >= 11 is 0. The quantitative estimate of drug-likeness (QED) is 0.296. The molecule has 2 aromatic carbocycles. The zero-order chi connectivity index (χ0) is 23.7. The summed E-state index contributed by atoms with van der Waals surface area (Å²) in [6.07, 6.45) is 3.83. The second-order valence-electron chi connectivity index (χ2n) is 8.01. The first-order valence-corrected chi connectivity index (χ1v) is 10.7. The molecule has 0 amide bonds. The number of aliphatic imine (C=N–C) groups is 1. The number of rotatable bonds is 8. The molecular formula is C24H22F2N6O2. The van der Waals surface area contributed by atoms with Crippen molar-refractivity contribution in [1.29, 1.82) is 0 Å². The summed E-state index contributed by atoms with van der Waals surface area (Å²) in [5.41, 5.74) is 15.1. The molecule has 0 unspecified atom stereocenters. The number of guanidine groups is 1. The molecule has 0 bridgehead atoms. The molecule has 1 aliphatic carbocycles. The van der Waals surface area contributed by atoms with Crippen LogP contribution in [-0.4, -0.2) is 33.8 Å². The van der Waals surface area contributed by atoms with Gasteiger partial charge in [0.1, 0.15) is 0 Å². The third kappa shape index (κ3) is 4.75. The fourth-order valence-electron chi connectivity index (χ4n) is 3.60. The Balaban J connectivity index is 1.53. The Kier molecular flexibility index (Phi) is 5.70. The molecular weight excluding hydrogens is 442 g/mol. The summed E-state index contributed by atoms with van der Waals surface area (Å²) in [7, 11) is 0. The topological polar surface area (TPSA) is 113 Å². The van der Waals surface area contributed by atoms with E-state index in [9.17, 15) is 8.78 Å². The van der Waals surface area contributed by atoms with Gasteiger partial charge in [-0.2, -0.15) is 13.9 Å². The van der Waals surface area contributed by atoms with E-state index in [0.29, 0.717) is 29.6 Å². The number of fused-ring (bicyclic) bond motifs is 1. The van der Waals surface area contributed by atoms with Gasteiger partial charge in [0.25, 0.3) is 0 Å². The van der Waals surface area contributed by atoms with Crippen molar-refractivity contribution in [3.63, 3.8) is 0 Å². The van der Waals surface area contributed by atoms with Gasteiger partial charge in [-0.15, -0.1) is 0 Å². The summed E-state index contributed by atoms with van der Waals surface area (Å²) in [5.74, 6) is 0.698. The lowest BCUT2D eigenvalue weighted by atomic mass is 10.1. The van der Waals surface area contributed by atoms with Crippen LogP contribution in [0, 0.1) is 5.92 Å². The van der Waals surface area contributed by atoms with E-state index in [2.05, 4.69) is 14.7 Å². The molecule has 0 aliphatic heterocycles. The van der Waals surface area contributed by atoms with Crippen LogP contribution in [0.15, 0.2) is 65.8 Å². The highest BCUT2D eigenvalue weighted by Crippen LogP contribution is 2.36. The minimum Gasteiger partial charge on any atom is -0.489 e. The molecule has 0 saturated heterocycles. The molecule has 0 radical (unpaired) electrons. The van der Waals surface area contributed by atoms with Gasteiger partial charge in [-0.3, -0.25) is 0 Å². The van der Waals surface area contributed by atoms with E-state index in [0.717, 1.165) is 29.7 Å². The van der Waals surface area contributed by atoms with Crippen molar-refractivity contribution in [2.24, 2.45) is 22.4 Å². The van der Waals surface area contributed by atoms with Gasteiger partial charge in [-0.05, 0) is 55.2 Å². The molecule has 0 spiro atoms. The summed E-state index contributed by atoms with van der Waals surface area (Å²) in [6.45, 7) is -2.47. The van der Waals surface area contributed by atoms with E-state index in [4.69, 9.17) is 21.3 Å². The number of nitrogens with two attached hydrogens (primary N) is 2. The average molecular weight is 464 g/mol. The average Bonchev–Trinajstić information content (AvgIpc) is 3.53. The fraction of sp³-hybridized carbons (Fsp3) is 0.208. The fourth-order valence-corrected chi connectivity index (χ4v) is 3.60. The van der Waals surface area contributed by atoms with Crippen molar-refractivity contribution < 1.29 is 18.3 Å². The number of hydrogen-bond acceptors (Lipinski definition) is 5. The van der Waals surface area contributed by atoms with Gasteiger partial charge in [0.05, 0.1) is 23.7 Å². The first-order chi connectivity index (χ1) is 16.5. The highest BCUT2D eigenvalue weighted by molar-refractivity contribution is 5.80. The van der Waals surface area contributed by atoms with Gasteiger partial charge in [-0.25, -0.2) is 14.5 Å². The lowest BCUT2D eigenvalue weighted by Gasteiger charge is -2.14. The van der Waals surface area contributed by atoms with Gasteiger partial charge < -0.3 is 20.9 Å². The molecule has 2 aromatic heterocycles. The van der Waals surface area contributed by atoms with Gasteiger partial charge in [0.2, 0.25) is 0 Å². The molecule has 5 rings (SSSR count). The second-order valence-corrected chi connectivity index (χ2v) is 8.01. The highest BCUT2D eigenvalue weighted by Gasteiger charge is 2.23. The summed E-state index contributed by atoms with van der Waals surface area (Å²) < 4.78 is 37.9. The molecule has 4 aromatic rings. The monoisotopic (exact) mass is 464 g/mol. The lowest BCUT2D eigenvalue weighted by Crippen LogP contribution is -2.21. The largest absolute Gasteiger partial charge is 0.489 e. The zero-order valence-corrected chi connectivity index (χ0v) is 18.1. The van der Waals surface area contributed by atoms with Crippen LogP contribution in [0.4, 0.5) is 14.5 Å². The van der Waals surface area contributed by atoms with Crippen molar-refractivity contribution in [1.82, 2.24) is 14.6 Å². The molecule has 1 saturated carbocycles. The van der Waals surface area contributed by atoms with Gasteiger partial charge >= 0.3 is 6.61 Å². The van der Waals surface area contributed by atoms with Crippen molar-refractivity contribution in [2.75, 3.05) is 6.61 Å². The van der Waals surface area contributed by atoms with E-state index in [-0.39, 0.29) is 17.5 Å². The Morgan fingerprint density at radius 2 is 1.91 bits per heavy atom. The minimum atomic E-state index is -2.94. The van der Waals surface area contributed by atoms with E-state index >= 15 is 0 Å². The van der Waals surface area contributed by atoms with Crippen molar-refractivity contribution >= 4 is 17.3 Å². The van der Waals surface area contributed by atoms with Crippen LogP contribution in [0.3, 0.4) is 0 Å². The van der Waals surface area contributed by atoms with Gasteiger partial charge in [-0.1, -0.05) is 12.1 Å². The minimum absolute atomic E-state index is 0.00222. The number of aromatic nitrogens is 3. The molecule has 4 N–H and O–H groups in total. The summed E-state index contributed by atoms with van der Waals surface area (Å²) in [5, 5.41) is 4.72. The van der Waals surface area contributed by atoms with Crippen LogP contribution < -0.4 is 20.9 Å². The molecule has 2 heterocycles. The standard InChI is InChI=1S/C24H22F2N6O2/c25-23(26)34-20-7-6-16(11-21(20)33-13-14-4-5-14)19-8-9-29-22-12-18(31-32(19)22)15-2-1-3-17(10-15)30-24(27)28/h1-3,6-12,14,23H,4-5,13H2,(H4,27,28,30). The molecule has 34 heavy (non-hydrogen) atoms. The number of hydrogen-bond donors (Lipinski definition) is 2. The normalized spacial score (nSPS) is 13.3. The van der Waals surface area contributed by atoms with E-state index in [1.807, 2.05) is 24.3 Å². The maximum Gasteiger partial charge on any atom is 0.387 e. The highest BCUT2D eigenvalue weighted by atomic mass is 19.3. The zero-order valence-electron chi connectivity index (χ0n) is 18.1. The number of nitrogens with zero attached hydrogens (tertiary/aromatic N) is 4. The predicted molar refractivity (Wildman–Crippen MR) is 124 cm³/mol. The van der Waals surface area contributed by atoms with Crippen molar-refractivity contribution in [3.8, 4) is 34.0 Å². The first-order valence-electron chi connectivity index (χ1n) is 10.7. The van der Waals surface area contributed by atoms with Crippen LogP contribution in [-0.2, 0) is 0 Å². The third-order valence-electron chi connectivity index (χ3n) is 5.39. The number of ether oxygens (including phenoxy) is 2. The predicted octanol–water partition coefficient (Wildman–Crippen LogP) is 4.36. The van der Waals surface area contributed by atoms with E-state index in [1.165, 1.54) is 6.07 Å². The number of halogens is 2. The summed E-state index contributed by atoms with van der Waals surface area (Å²) in [4.78, 5) is 8.49. The van der Waals surface area contributed by atoms with Crippen molar-refractivity contribution in [3.05, 3.63) is 60.8 Å². The van der Waals surface area contributed by atoms with Crippen molar-refractivity contribution in [2.45, 2.75) is 19.5 Å². The SMILES string of the molecule is NC(N)=Nc1cccc(-c2cc3nccc(-c4ccc(OC(F)F)c(OCC5CC5)c4)n3n2)c1. The molecule has 8 nitrogen and oxygen atoms in total. The lowest BCUT2D eigenvalue weighted by molar-refractivity contribution is -0.0515. The van der Waals surface area contributed by atoms with Crippen LogP contribution >= 0.6 is 0 Å². The third-order valence-corrected chi connectivity index (χ3v) is 5.39. The van der Waals surface area contributed by atoms with Crippen LogP contribution in [0.25, 0.3) is 28.2 Å². The maximum atomic E-state index is 12.9. The molecule has 0 atom stereocenters. The summed E-state index contributed by atoms with van der Waals surface area (Å²) in [6, 6.07) is 15.8. The number of alkyl halides is 2. The molecule has 174 valence electrons. The van der Waals surface area contributed by atoms with Crippen LogP contribution in [0.2, 0.25) is 0 Å². The Morgan fingerprint density at radius 3 is 2.68 bits per heavy atom. The molecule has 1 aliphatic rings. The molecule has 10 heteroatoms. The van der Waals surface area contributed by atoms with E-state index in [1.54, 1.807) is 35.0 Å². The van der Waals surface area contributed by atoms with Crippen LogP contribution in [0.1, 0.15) is 12.8 Å². The first kappa shape index (κ1) is 21.6. The molecule has 1 fully saturated rings. The Morgan fingerprint density at radius 1 is 1.06 bits per heavy atom. The Labute approximate surface area is 193 Å².